The number of imidazole rings is 1. The van der Waals surface area contributed by atoms with E-state index in [9.17, 15) is 0 Å². The average Bonchev–Trinajstić information content (AvgIpc) is 3.16. The summed E-state index contributed by atoms with van der Waals surface area (Å²) in [4.78, 5) is 7.30. The maximum Gasteiger partial charge on any atom is 0.206 e. The number of hydrogen-bond donors (Lipinski definition) is 0. The van der Waals surface area contributed by atoms with Crippen molar-refractivity contribution in [3.63, 3.8) is 0 Å². The SMILES string of the molecule is c1ccc(Cn2c(N3CCCC3)nc3ccccc32)cc1. The molecular formula is C18H19N3. The van der Waals surface area contributed by atoms with Gasteiger partial charge in [-0.15, -0.1) is 0 Å². The first-order chi connectivity index (χ1) is 10.4. The van der Waals surface area contributed by atoms with E-state index in [2.05, 4.69) is 64.1 Å². The van der Waals surface area contributed by atoms with Gasteiger partial charge >= 0.3 is 0 Å². The molecule has 1 fully saturated rings. The molecular weight excluding hydrogens is 258 g/mol. The van der Waals surface area contributed by atoms with Crippen LogP contribution in [-0.4, -0.2) is 22.6 Å². The fourth-order valence-electron chi connectivity index (χ4n) is 3.14. The second kappa shape index (κ2) is 5.24. The van der Waals surface area contributed by atoms with Gasteiger partial charge in [0, 0.05) is 13.1 Å². The van der Waals surface area contributed by atoms with Crippen LogP contribution in [0.3, 0.4) is 0 Å². The van der Waals surface area contributed by atoms with E-state index in [-0.39, 0.29) is 0 Å². The van der Waals surface area contributed by atoms with Crippen LogP contribution in [0.2, 0.25) is 0 Å². The van der Waals surface area contributed by atoms with Gasteiger partial charge in [-0.2, -0.15) is 0 Å². The van der Waals surface area contributed by atoms with Crippen molar-refractivity contribution < 1.29 is 0 Å². The molecule has 0 unspecified atom stereocenters. The minimum atomic E-state index is 0.882. The number of aromatic nitrogens is 2. The van der Waals surface area contributed by atoms with Crippen LogP contribution in [0.25, 0.3) is 11.0 Å². The van der Waals surface area contributed by atoms with Crippen molar-refractivity contribution in [2.75, 3.05) is 18.0 Å². The average molecular weight is 277 g/mol. The minimum absolute atomic E-state index is 0.882. The third kappa shape index (κ3) is 2.29. The smallest absolute Gasteiger partial charge is 0.206 e. The number of para-hydroxylation sites is 2. The molecule has 3 heteroatoms. The van der Waals surface area contributed by atoms with E-state index in [1.165, 1.54) is 23.9 Å². The largest absolute Gasteiger partial charge is 0.342 e. The van der Waals surface area contributed by atoms with Crippen LogP contribution in [0.1, 0.15) is 18.4 Å². The van der Waals surface area contributed by atoms with Gasteiger partial charge in [-0.05, 0) is 30.5 Å². The molecule has 1 saturated heterocycles. The Morgan fingerprint density at radius 3 is 2.38 bits per heavy atom. The molecule has 1 aromatic heterocycles. The Morgan fingerprint density at radius 1 is 0.857 bits per heavy atom. The van der Waals surface area contributed by atoms with Crippen molar-refractivity contribution in [2.45, 2.75) is 19.4 Å². The number of nitrogens with zero attached hydrogens (tertiary/aromatic N) is 3. The van der Waals surface area contributed by atoms with E-state index in [0.717, 1.165) is 31.1 Å². The molecule has 4 rings (SSSR count). The van der Waals surface area contributed by atoms with E-state index >= 15 is 0 Å². The zero-order chi connectivity index (χ0) is 14.1. The van der Waals surface area contributed by atoms with Crippen LogP contribution in [0.15, 0.2) is 54.6 Å². The summed E-state index contributed by atoms with van der Waals surface area (Å²) in [5.74, 6) is 1.12. The van der Waals surface area contributed by atoms with Crippen molar-refractivity contribution >= 4 is 17.0 Å². The van der Waals surface area contributed by atoms with Crippen molar-refractivity contribution in [3.8, 4) is 0 Å². The normalized spacial score (nSPS) is 15.0. The standard InChI is InChI=1S/C18H19N3/c1-2-8-15(9-3-1)14-21-17-11-5-4-10-16(17)19-18(21)20-12-6-7-13-20/h1-5,8-11H,6-7,12-14H2. The lowest BCUT2D eigenvalue weighted by Crippen LogP contribution is -2.22. The molecule has 1 aliphatic rings. The summed E-state index contributed by atoms with van der Waals surface area (Å²) in [6, 6.07) is 19.1. The fraction of sp³-hybridized carbons (Fsp3) is 0.278. The van der Waals surface area contributed by atoms with Gasteiger partial charge in [0.05, 0.1) is 17.6 Å². The van der Waals surface area contributed by atoms with E-state index in [0.29, 0.717) is 0 Å². The first-order valence-electron chi connectivity index (χ1n) is 7.66. The van der Waals surface area contributed by atoms with Crippen molar-refractivity contribution in [2.24, 2.45) is 0 Å². The third-order valence-electron chi connectivity index (χ3n) is 4.21. The summed E-state index contributed by atoms with van der Waals surface area (Å²) in [6.45, 7) is 3.13. The number of hydrogen-bond acceptors (Lipinski definition) is 2. The summed E-state index contributed by atoms with van der Waals surface area (Å²) in [5.41, 5.74) is 3.64. The first-order valence-corrected chi connectivity index (χ1v) is 7.66. The summed E-state index contributed by atoms with van der Waals surface area (Å²) in [7, 11) is 0. The van der Waals surface area contributed by atoms with E-state index in [1.54, 1.807) is 0 Å². The zero-order valence-electron chi connectivity index (χ0n) is 12.1. The van der Waals surface area contributed by atoms with Gasteiger partial charge in [-0.1, -0.05) is 42.5 Å². The van der Waals surface area contributed by atoms with Gasteiger partial charge in [0.1, 0.15) is 0 Å². The highest BCUT2D eigenvalue weighted by Crippen LogP contribution is 2.26. The molecule has 3 nitrogen and oxygen atoms in total. The quantitative estimate of drug-likeness (QED) is 0.728. The molecule has 0 aliphatic carbocycles. The van der Waals surface area contributed by atoms with Gasteiger partial charge < -0.3 is 9.47 Å². The van der Waals surface area contributed by atoms with Crippen LogP contribution >= 0.6 is 0 Å². The summed E-state index contributed by atoms with van der Waals surface area (Å²) < 4.78 is 2.36. The fourth-order valence-corrected chi connectivity index (χ4v) is 3.14. The number of rotatable bonds is 3. The van der Waals surface area contributed by atoms with Crippen molar-refractivity contribution in [1.29, 1.82) is 0 Å². The Balaban J connectivity index is 1.82. The lowest BCUT2D eigenvalue weighted by Gasteiger charge is -2.18. The summed E-state index contributed by atoms with van der Waals surface area (Å²) >= 11 is 0. The molecule has 0 spiro atoms. The van der Waals surface area contributed by atoms with Crippen molar-refractivity contribution in [1.82, 2.24) is 9.55 Å². The van der Waals surface area contributed by atoms with Gasteiger partial charge in [0.2, 0.25) is 5.95 Å². The van der Waals surface area contributed by atoms with Gasteiger partial charge in [0.25, 0.3) is 0 Å². The molecule has 3 aromatic rings. The van der Waals surface area contributed by atoms with Crippen LogP contribution in [0, 0.1) is 0 Å². The minimum Gasteiger partial charge on any atom is -0.342 e. The molecule has 1 aliphatic heterocycles. The van der Waals surface area contributed by atoms with Crippen molar-refractivity contribution in [3.05, 3.63) is 60.2 Å². The molecule has 0 radical (unpaired) electrons. The second-order valence-corrected chi connectivity index (χ2v) is 5.67. The Labute approximate surface area is 124 Å². The monoisotopic (exact) mass is 277 g/mol. The Bertz CT molecular complexity index is 740. The number of anilines is 1. The van der Waals surface area contributed by atoms with Crippen LogP contribution in [0.5, 0.6) is 0 Å². The molecule has 0 saturated carbocycles. The Morgan fingerprint density at radius 2 is 1.57 bits per heavy atom. The highest BCUT2D eigenvalue weighted by atomic mass is 15.3. The molecule has 0 bridgehead atoms. The van der Waals surface area contributed by atoms with Gasteiger partial charge in [-0.3, -0.25) is 0 Å². The molecule has 2 aromatic carbocycles. The highest BCUT2D eigenvalue weighted by molar-refractivity contribution is 5.79. The van der Waals surface area contributed by atoms with E-state index < -0.39 is 0 Å². The van der Waals surface area contributed by atoms with Crippen LogP contribution in [-0.2, 0) is 6.54 Å². The lowest BCUT2D eigenvalue weighted by molar-refractivity contribution is 0.776. The maximum atomic E-state index is 4.88. The molecule has 0 amide bonds. The summed E-state index contributed by atoms with van der Waals surface area (Å²) in [5, 5.41) is 0. The van der Waals surface area contributed by atoms with Crippen LogP contribution in [0.4, 0.5) is 5.95 Å². The van der Waals surface area contributed by atoms with Crippen LogP contribution < -0.4 is 4.90 Å². The topological polar surface area (TPSA) is 21.1 Å². The van der Waals surface area contributed by atoms with E-state index in [1.807, 2.05) is 0 Å². The molecule has 2 heterocycles. The predicted octanol–water partition coefficient (Wildman–Crippen LogP) is 3.68. The molecule has 0 atom stereocenters. The zero-order valence-corrected chi connectivity index (χ0v) is 12.1. The Kier molecular flexibility index (Phi) is 3.11. The van der Waals surface area contributed by atoms with Gasteiger partial charge in [0.15, 0.2) is 0 Å². The number of benzene rings is 2. The molecule has 21 heavy (non-hydrogen) atoms. The van der Waals surface area contributed by atoms with E-state index in [4.69, 9.17) is 4.98 Å². The molecule has 0 N–H and O–H groups in total. The Hall–Kier alpha value is -2.29. The highest BCUT2D eigenvalue weighted by Gasteiger charge is 2.20. The second-order valence-electron chi connectivity index (χ2n) is 5.67. The van der Waals surface area contributed by atoms with Gasteiger partial charge in [-0.25, -0.2) is 4.98 Å². The number of fused-ring (bicyclic) bond motifs is 1. The predicted molar refractivity (Wildman–Crippen MR) is 86.7 cm³/mol. The summed E-state index contributed by atoms with van der Waals surface area (Å²) in [6.07, 6.45) is 2.54. The maximum absolute atomic E-state index is 4.88. The molecule has 106 valence electrons. The first kappa shape index (κ1) is 12.5. The lowest BCUT2D eigenvalue weighted by atomic mass is 10.2. The third-order valence-corrected chi connectivity index (χ3v) is 4.21.